The van der Waals surface area contributed by atoms with Crippen molar-refractivity contribution in [3.8, 4) is 11.5 Å². The molecule has 1 heterocycles. The molecule has 2 rings (SSSR count). The minimum Gasteiger partial charge on any atom is -0.506 e. The first-order valence-corrected chi connectivity index (χ1v) is 13.5. The van der Waals surface area contributed by atoms with Crippen molar-refractivity contribution >= 4 is 15.9 Å². The predicted molar refractivity (Wildman–Crippen MR) is 137 cm³/mol. The summed E-state index contributed by atoms with van der Waals surface area (Å²) in [5, 5.41) is 10.3. The van der Waals surface area contributed by atoms with Crippen LogP contribution < -0.4 is 4.74 Å². The van der Waals surface area contributed by atoms with E-state index in [1.54, 1.807) is 0 Å². The number of phenols is 1. The van der Waals surface area contributed by atoms with Crippen LogP contribution in [0.3, 0.4) is 0 Å². The van der Waals surface area contributed by atoms with Crippen molar-refractivity contribution in [2.75, 3.05) is 0 Å². The van der Waals surface area contributed by atoms with Gasteiger partial charge in [-0.15, -0.1) is 0 Å². The van der Waals surface area contributed by atoms with Gasteiger partial charge in [0.1, 0.15) is 17.1 Å². The van der Waals surface area contributed by atoms with E-state index in [0.29, 0.717) is 5.75 Å². The van der Waals surface area contributed by atoms with Gasteiger partial charge in [-0.2, -0.15) is 0 Å². The molecule has 0 bridgehead atoms. The van der Waals surface area contributed by atoms with Crippen molar-refractivity contribution in [1.29, 1.82) is 0 Å². The Morgan fingerprint density at radius 1 is 0.903 bits per heavy atom. The Balaban J connectivity index is 1.74. The van der Waals surface area contributed by atoms with Crippen LogP contribution >= 0.6 is 15.9 Å². The Kier molecular flexibility index (Phi) is 10.2. The van der Waals surface area contributed by atoms with Crippen LogP contribution in [0.15, 0.2) is 4.47 Å². The second-order valence-electron chi connectivity index (χ2n) is 11.1. The number of rotatable bonds is 12. The van der Waals surface area contributed by atoms with Gasteiger partial charge in [-0.3, -0.25) is 0 Å². The van der Waals surface area contributed by atoms with Crippen molar-refractivity contribution in [3.63, 3.8) is 0 Å². The first-order valence-electron chi connectivity index (χ1n) is 12.7. The smallest absolute Gasteiger partial charge is 0.133 e. The van der Waals surface area contributed by atoms with Crippen molar-refractivity contribution in [1.82, 2.24) is 0 Å². The average Bonchev–Trinajstić information content (AvgIpc) is 2.70. The summed E-state index contributed by atoms with van der Waals surface area (Å²) in [5.41, 5.74) is 3.04. The first kappa shape index (κ1) is 26.6. The third-order valence-electron chi connectivity index (χ3n) is 7.53. The minimum atomic E-state index is -0.0920. The van der Waals surface area contributed by atoms with Crippen molar-refractivity contribution in [2.45, 2.75) is 125 Å². The van der Waals surface area contributed by atoms with E-state index in [4.69, 9.17) is 4.74 Å². The van der Waals surface area contributed by atoms with Crippen LogP contribution in [0.2, 0.25) is 0 Å². The van der Waals surface area contributed by atoms with Gasteiger partial charge in [0.2, 0.25) is 0 Å². The lowest BCUT2D eigenvalue weighted by Gasteiger charge is -2.38. The standard InChI is InChI=1S/C28H47BrO2/c1-19(2)11-8-12-20(3)13-9-14-21(4)15-10-17-28(7)18-16-24-25(29)26(30)22(5)23(6)27(24)31-28/h19-21,30H,8-18H2,1-7H3/t20-,21-,28-/m1/s1. The normalized spacial score (nSPS) is 20.4. The molecule has 0 saturated heterocycles. The van der Waals surface area contributed by atoms with Crippen molar-refractivity contribution < 1.29 is 9.84 Å². The maximum Gasteiger partial charge on any atom is 0.133 e. The number of hydrogen-bond donors (Lipinski definition) is 1. The summed E-state index contributed by atoms with van der Waals surface area (Å²) in [7, 11) is 0. The van der Waals surface area contributed by atoms with E-state index in [1.165, 1.54) is 51.4 Å². The molecule has 0 unspecified atom stereocenters. The molecule has 1 aromatic rings. The van der Waals surface area contributed by atoms with Gasteiger partial charge in [0.05, 0.1) is 4.47 Å². The van der Waals surface area contributed by atoms with Crippen molar-refractivity contribution in [2.24, 2.45) is 17.8 Å². The molecule has 0 aromatic heterocycles. The molecule has 1 aromatic carbocycles. The second kappa shape index (κ2) is 12.0. The van der Waals surface area contributed by atoms with Gasteiger partial charge < -0.3 is 9.84 Å². The molecule has 0 aliphatic carbocycles. The molecule has 0 saturated carbocycles. The molecule has 1 aliphatic rings. The fraction of sp³-hybridized carbons (Fsp3) is 0.786. The number of fused-ring (bicyclic) bond motifs is 1. The maximum absolute atomic E-state index is 10.3. The highest BCUT2D eigenvalue weighted by Crippen LogP contribution is 2.47. The fourth-order valence-corrected chi connectivity index (χ4v) is 5.68. The zero-order valence-corrected chi connectivity index (χ0v) is 22.8. The molecular weight excluding hydrogens is 448 g/mol. The average molecular weight is 496 g/mol. The summed E-state index contributed by atoms with van der Waals surface area (Å²) in [4.78, 5) is 0. The van der Waals surface area contributed by atoms with Crippen LogP contribution in [0.25, 0.3) is 0 Å². The van der Waals surface area contributed by atoms with Gasteiger partial charge in [-0.1, -0.05) is 72.6 Å². The number of hydrogen-bond acceptors (Lipinski definition) is 2. The molecule has 1 N–H and O–H groups in total. The molecule has 0 spiro atoms. The summed E-state index contributed by atoms with van der Waals surface area (Å²) in [5.74, 6) is 3.89. The molecule has 31 heavy (non-hydrogen) atoms. The Hall–Kier alpha value is -0.700. The lowest BCUT2D eigenvalue weighted by Crippen LogP contribution is -2.37. The van der Waals surface area contributed by atoms with Crippen LogP contribution in [-0.4, -0.2) is 10.7 Å². The molecule has 1 aliphatic heterocycles. The number of halogens is 1. The third kappa shape index (κ3) is 7.69. The highest BCUT2D eigenvalue weighted by molar-refractivity contribution is 9.10. The molecule has 178 valence electrons. The molecule has 0 fully saturated rings. The number of ether oxygens (including phenoxy) is 1. The lowest BCUT2D eigenvalue weighted by atomic mass is 9.85. The largest absolute Gasteiger partial charge is 0.506 e. The van der Waals surface area contributed by atoms with Crippen molar-refractivity contribution in [3.05, 3.63) is 21.2 Å². The van der Waals surface area contributed by atoms with Gasteiger partial charge in [0.25, 0.3) is 0 Å². The number of phenolic OH excluding ortho intramolecular Hbond substituents is 1. The zero-order chi connectivity index (χ0) is 23.2. The van der Waals surface area contributed by atoms with Gasteiger partial charge in [0.15, 0.2) is 0 Å². The van der Waals surface area contributed by atoms with Crippen LogP contribution in [-0.2, 0) is 6.42 Å². The number of aromatic hydroxyl groups is 1. The van der Waals surface area contributed by atoms with Crippen LogP contribution in [0.5, 0.6) is 11.5 Å². The maximum atomic E-state index is 10.3. The minimum absolute atomic E-state index is 0.0920. The zero-order valence-electron chi connectivity index (χ0n) is 21.2. The van der Waals surface area contributed by atoms with E-state index in [-0.39, 0.29) is 5.60 Å². The molecule has 0 amide bonds. The summed E-state index contributed by atoms with van der Waals surface area (Å²) in [6.07, 6.45) is 13.9. The van der Waals surface area contributed by atoms with Crippen LogP contribution in [0.4, 0.5) is 0 Å². The topological polar surface area (TPSA) is 29.5 Å². The van der Waals surface area contributed by atoms with Crippen LogP contribution in [0.1, 0.15) is 116 Å². The highest BCUT2D eigenvalue weighted by Gasteiger charge is 2.34. The highest BCUT2D eigenvalue weighted by atomic mass is 79.9. The lowest BCUT2D eigenvalue weighted by molar-refractivity contribution is 0.0511. The molecule has 3 heteroatoms. The van der Waals surface area contributed by atoms with E-state index < -0.39 is 0 Å². The summed E-state index contributed by atoms with van der Waals surface area (Å²) in [6.45, 7) is 15.8. The third-order valence-corrected chi connectivity index (χ3v) is 8.39. The molecular formula is C28H47BrO2. The summed E-state index contributed by atoms with van der Waals surface area (Å²) >= 11 is 3.58. The molecule has 0 radical (unpaired) electrons. The van der Waals surface area contributed by atoms with E-state index >= 15 is 0 Å². The Morgan fingerprint density at radius 3 is 2.03 bits per heavy atom. The summed E-state index contributed by atoms with van der Waals surface area (Å²) < 4.78 is 7.39. The van der Waals surface area contributed by atoms with Gasteiger partial charge in [-0.25, -0.2) is 0 Å². The van der Waals surface area contributed by atoms with E-state index in [0.717, 1.165) is 63.9 Å². The summed E-state index contributed by atoms with van der Waals surface area (Å²) in [6, 6.07) is 0. The SMILES string of the molecule is Cc1c(C)c2c(c(Br)c1O)CC[C@@](C)(CCC[C@H](C)CCC[C@H](C)CCCC(C)C)O2. The van der Waals surface area contributed by atoms with Gasteiger partial charge >= 0.3 is 0 Å². The Morgan fingerprint density at radius 2 is 1.45 bits per heavy atom. The first-order chi connectivity index (χ1) is 14.5. The quantitative estimate of drug-likeness (QED) is 0.313. The van der Waals surface area contributed by atoms with Crippen LogP contribution in [0, 0.1) is 31.6 Å². The van der Waals surface area contributed by atoms with E-state index in [2.05, 4.69) is 57.5 Å². The molecule has 2 nitrogen and oxygen atoms in total. The molecule has 3 atom stereocenters. The second-order valence-corrected chi connectivity index (χ2v) is 11.9. The fourth-order valence-electron chi connectivity index (χ4n) is 5.01. The monoisotopic (exact) mass is 494 g/mol. The van der Waals surface area contributed by atoms with Gasteiger partial charge in [-0.05, 0) is 91.3 Å². The van der Waals surface area contributed by atoms with E-state index in [9.17, 15) is 5.11 Å². The van der Waals surface area contributed by atoms with Gasteiger partial charge in [0, 0.05) is 5.56 Å². The Bertz CT molecular complexity index is 712. The Labute approximate surface area is 200 Å². The van der Waals surface area contributed by atoms with E-state index in [1.807, 2.05) is 6.92 Å². The number of benzene rings is 1. The predicted octanol–water partition coefficient (Wildman–Crippen LogP) is 9.29.